The monoisotopic (exact) mass is 281 g/mol. The van der Waals surface area contributed by atoms with E-state index in [1.807, 2.05) is 23.9 Å². The van der Waals surface area contributed by atoms with Crippen molar-refractivity contribution < 1.29 is 4.74 Å². The largest absolute Gasteiger partial charge is 0.497 e. The van der Waals surface area contributed by atoms with E-state index in [9.17, 15) is 0 Å². The molecule has 3 heteroatoms. The number of thioether (sulfide) groups is 1. The number of hydrogen-bond acceptors (Lipinski definition) is 3. The number of benzene rings is 1. The second-order valence-corrected chi connectivity index (χ2v) is 6.57. The van der Waals surface area contributed by atoms with Gasteiger partial charge in [0.1, 0.15) is 5.75 Å². The van der Waals surface area contributed by atoms with Crippen molar-refractivity contribution in [1.82, 2.24) is 0 Å². The van der Waals surface area contributed by atoms with E-state index in [4.69, 9.17) is 10.5 Å². The van der Waals surface area contributed by atoms with Gasteiger partial charge in [-0.3, -0.25) is 0 Å². The number of methoxy groups -OCH3 is 1. The molecular formula is C16H27NOS. The van der Waals surface area contributed by atoms with Crippen LogP contribution in [0.1, 0.15) is 44.4 Å². The van der Waals surface area contributed by atoms with Crippen LogP contribution in [0.25, 0.3) is 0 Å². The zero-order valence-electron chi connectivity index (χ0n) is 12.6. The second-order valence-electron chi connectivity index (χ2n) is 5.32. The fraction of sp³-hybridized carbons (Fsp3) is 0.625. The van der Waals surface area contributed by atoms with Crippen molar-refractivity contribution in [2.75, 3.05) is 12.9 Å². The quantitative estimate of drug-likeness (QED) is 0.773. The molecule has 2 unspecified atom stereocenters. The highest BCUT2D eigenvalue weighted by atomic mass is 32.2. The van der Waals surface area contributed by atoms with E-state index in [2.05, 4.69) is 32.9 Å². The maximum absolute atomic E-state index is 6.28. The second kappa shape index (κ2) is 8.49. The van der Waals surface area contributed by atoms with Crippen molar-refractivity contribution in [3.8, 4) is 5.75 Å². The Labute approximate surface area is 122 Å². The van der Waals surface area contributed by atoms with E-state index in [-0.39, 0.29) is 6.04 Å². The molecule has 108 valence electrons. The predicted octanol–water partition coefficient (Wildman–Crippen LogP) is 4.25. The Morgan fingerprint density at radius 1 is 1.21 bits per heavy atom. The minimum Gasteiger partial charge on any atom is -0.497 e. The molecular weight excluding hydrogens is 254 g/mol. The van der Waals surface area contributed by atoms with Gasteiger partial charge in [0.05, 0.1) is 7.11 Å². The molecule has 0 aliphatic rings. The van der Waals surface area contributed by atoms with Gasteiger partial charge in [-0.25, -0.2) is 0 Å². The van der Waals surface area contributed by atoms with Crippen LogP contribution in [0.5, 0.6) is 5.75 Å². The smallest absolute Gasteiger partial charge is 0.118 e. The average Bonchev–Trinajstić information content (AvgIpc) is 2.43. The van der Waals surface area contributed by atoms with E-state index in [1.165, 1.54) is 17.7 Å². The molecule has 1 rings (SSSR count). The van der Waals surface area contributed by atoms with Crippen molar-refractivity contribution in [3.05, 3.63) is 29.8 Å². The van der Waals surface area contributed by atoms with E-state index in [0.29, 0.717) is 5.25 Å². The van der Waals surface area contributed by atoms with Crippen LogP contribution in [-0.2, 0) is 0 Å². The van der Waals surface area contributed by atoms with Gasteiger partial charge in [0.2, 0.25) is 0 Å². The molecule has 0 bridgehead atoms. The van der Waals surface area contributed by atoms with Crippen LogP contribution in [-0.4, -0.2) is 18.9 Å². The summed E-state index contributed by atoms with van der Waals surface area (Å²) in [6.45, 7) is 6.69. The van der Waals surface area contributed by atoms with Crippen molar-refractivity contribution in [1.29, 1.82) is 0 Å². The van der Waals surface area contributed by atoms with E-state index < -0.39 is 0 Å². The molecule has 2 atom stereocenters. The summed E-state index contributed by atoms with van der Waals surface area (Å²) < 4.78 is 5.21. The molecule has 0 heterocycles. The fourth-order valence-electron chi connectivity index (χ4n) is 1.91. The maximum Gasteiger partial charge on any atom is 0.118 e. The molecule has 0 radical (unpaired) electrons. The van der Waals surface area contributed by atoms with Crippen LogP contribution in [0.15, 0.2) is 24.3 Å². The first-order valence-corrected chi connectivity index (χ1v) is 8.14. The number of ether oxygens (including phenoxy) is 1. The van der Waals surface area contributed by atoms with Crippen molar-refractivity contribution in [2.45, 2.75) is 44.9 Å². The van der Waals surface area contributed by atoms with Gasteiger partial charge in [-0.1, -0.05) is 32.9 Å². The van der Waals surface area contributed by atoms with Crippen LogP contribution in [0.4, 0.5) is 0 Å². The Morgan fingerprint density at radius 3 is 2.32 bits per heavy atom. The summed E-state index contributed by atoms with van der Waals surface area (Å²) in [5, 5.41) is 0.384. The molecule has 2 nitrogen and oxygen atoms in total. The third kappa shape index (κ3) is 5.45. The van der Waals surface area contributed by atoms with Crippen molar-refractivity contribution in [3.63, 3.8) is 0 Å². The van der Waals surface area contributed by atoms with Crippen LogP contribution in [0.3, 0.4) is 0 Å². The predicted molar refractivity (Wildman–Crippen MR) is 85.9 cm³/mol. The summed E-state index contributed by atoms with van der Waals surface area (Å²) in [5.41, 5.74) is 7.59. The zero-order chi connectivity index (χ0) is 14.3. The van der Waals surface area contributed by atoms with E-state index in [1.54, 1.807) is 7.11 Å². The van der Waals surface area contributed by atoms with Gasteiger partial charge in [-0.05, 0) is 42.2 Å². The van der Waals surface area contributed by atoms with Gasteiger partial charge < -0.3 is 10.5 Å². The standard InChI is InChI=1S/C16H27NOS/c1-5-15(17)16(19-11-10-12(2)3)13-6-8-14(18-4)9-7-13/h6-9,12,15-16H,5,10-11,17H2,1-4H3. The lowest BCUT2D eigenvalue weighted by Gasteiger charge is -2.23. The van der Waals surface area contributed by atoms with Gasteiger partial charge in [0, 0.05) is 11.3 Å². The third-order valence-corrected chi connectivity index (χ3v) is 4.75. The number of hydrogen-bond donors (Lipinski definition) is 1. The van der Waals surface area contributed by atoms with Gasteiger partial charge in [-0.2, -0.15) is 11.8 Å². The third-order valence-electron chi connectivity index (χ3n) is 3.30. The van der Waals surface area contributed by atoms with Crippen molar-refractivity contribution >= 4 is 11.8 Å². The molecule has 0 aromatic heterocycles. The Hall–Kier alpha value is -0.670. The molecule has 19 heavy (non-hydrogen) atoms. The molecule has 0 saturated heterocycles. The molecule has 1 aromatic rings. The van der Waals surface area contributed by atoms with Crippen LogP contribution in [0, 0.1) is 5.92 Å². The minimum atomic E-state index is 0.213. The van der Waals surface area contributed by atoms with Gasteiger partial charge in [0.15, 0.2) is 0 Å². The molecule has 0 aliphatic heterocycles. The summed E-state index contributed by atoms with van der Waals surface area (Å²) in [6.07, 6.45) is 2.25. The highest BCUT2D eigenvalue weighted by Crippen LogP contribution is 2.34. The van der Waals surface area contributed by atoms with E-state index in [0.717, 1.165) is 18.1 Å². The number of nitrogens with two attached hydrogens (primary N) is 1. The van der Waals surface area contributed by atoms with Crippen LogP contribution >= 0.6 is 11.8 Å². The maximum atomic E-state index is 6.28. The highest BCUT2D eigenvalue weighted by Gasteiger charge is 2.19. The summed E-state index contributed by atoms with van der Waals surface area (Å²) in [4.78, 5) is 0. The number of rotatable bonds is 8. The molecule has 0 amide bonds. The summed E-state index contributed by atoms with van der Waals surface area (Å²) in [6, 6.07) is 8.54. The summed E-state index contributed by atoms with van der Waals surface area (Å²) in [5.74, 6) is 2.82. The topological polar surface area (TPSA) is 35.2 Å². The SMILES string of the molecule is CCC(N)C(SCCC(C)C)c1ccc(OC)cc1. The van der Waals surface area contributed by atoms with Gasteiger partial charge >= 0.3 is 0 Å². The lowest BCUT2D eigenvalue weighted by atomic mass is 10.0. The van der Waals surface area contributed by atoms with Crippen molar-refractivity contribution in [2.24, 2.45) is 11.7 Å². The first-order valence-electron chi connectivity index (χ1n) is 7.09. The summed E-state index contributed by atoms with van der Waals surface area (Å²) in [7, 11) is 1.70. The summed E-state index contributed by atoms with van der Waals surface area (Å²) >= 11 is 1.98. The Kier molecular flexibility index (Phi) is 7.32. The van der Waals surface area contributed by atoms with Gasteiger partial charge in [0.25, 0.3) is 0 Å². The normalized spacial score (nSPS) is 14.4. The molecule has 0 spiro atoms. The molecule has 0 fully saturated rings. The zero-order valence-corrected chi connectivity index (χ0v) is 13.4. The van der Waals surface area contributed by atoms with Crippen LogP contribution < -0.4 is 10.5 Å². The highest BCUT2D eigenvalue weighted by molar-refractivity contribution is 7.99. The molecule has 0 aliphatic carbocycles. The molecule has 0 saturated carbocycles. The average molecular weight is 281 g/mol. The lowest BCUT2D eigenvalue weighted by molar-refractivity contribution is 0.414. The van der Waals surface area contributed by atoms with E-state index >= 15 is 0 Å². The molecule has 2 N–H and O–H groups in total. The van der Waals surface area contributed by atoms with Crippen LogP contribution in [0.2, 0.25) is 0 Å². The Bertz CT molecular complexity index is 350. The minimum absolute atomic E-state index is 0.213. The first kappa shape index (κ1) is 16.4. The van der Waals surface area contributed by atoms with Gasteiger partial charge in [-0.15, -0.1) is 0 Å². The lowest BCUT2D eigenvalue weighted by Crippen LogP contribution is -2.26. The Balaban J connectivity index is 2.71. The first-order chi connectivity index (χ1) is 9.08. The molecule has 1 aromatic carbocycles. The fourth-order valence-corrected chi connectivity index (χ4v) is 3.56. The Morgan fingerprint density at radius 2 is 1.84 bits per heavy atom.